The number of anilines is 1. The van der Waals surface area contributed by atoms with Crippen LogP contribution in [0.4, 0.5) is 5.69 Å². The predicted octanol–water partition coefficient (Wildman–Crippen LogP) is 4.47. The van der Waals surface area contributed by atoms with Crippen molar-refractivity contribution in [1.82, 2.24) is 0 Å². The number of methoxy groups -OCH3 is 2. The number of ether oxygens (including phenoxy) is 3. The summed E-state index contributed by atoms with van der Waals surface area (Å²) in [6.07, 6.45) is 2.11. The van der Waals surface area contributed by atoms with Gasteiger partial charge < -0.3 is 19.5 Å². The Bertz CT molecular complexity index is 851. The number of alkyl halides is 1. The summed E-state index contributed by atoms with van der Waals surface area (Å²) in [5, 5.41) is 3.25. The molecule has 5 nitrogen and oxygen atoms in total. The van der Waals surface area contributed by atoms with E-state index < -0.39 is 5.00 Å². The molecule has 2 aromatic carbocycles. The summed E-state index contributed by atoms with van der Waals surface area (Å²) in [4.78, 5) is 10.0. The zero-order valence-electron chi connectivity index (χ0n) is 14.2. The third-order valence-electron chi connectivity index (χ3n) is 3.97. The van der Waals surface area contributed by atoms with E-state index in [9.17, 15) is 4.79 Å². The summed E-state index contributed by atoms with van der Waals surface area (Å²) < 4.78 is 16.3. The van der Waals surface area contributed by atoms with E-state index >= 15 is 0 Å². The minimum Gasteiger partial charge on any atom is -0.497 e. The van der Waals surface area contributed by atoms with Crippen LogP contribution in [0.15, 0.2) is 42.5 Å². The molecule has 1 aliphatic rings. The van der Waals surface area contributed by atoms with E-state index in [4.69, 9.17) is 37.4 Å². The van der Waals surface area contributed by atoms with Crippen LogP contribution in [0.3, 0.4) is 0 Å². The number of carbonyl (C=O) groups is 1. The highest BCUT2D eigenvalue weighted by Crippen LogP contribution is 2.44. The van der Waals surface area contributed by atoms with Crippen molar-refractivity contribution in [3.63, 3.8) is 0 Å². The smallest absolute Gasteiger partial charge is 0.191 e. The lowest BCUT2D eigenvalue weighted by atomic mass is 10.0. The van der Waals surface area contributed by atoms with Gasteiger partial charge in [-0.05, 0) is 29.8 Å². The maximum Gasteiger partial charge on any atom is 0.191 e. The molecule has 0 radical (unpaired) electrons. The third-order valence-corrected chi connectivity index (χ3v) is 4.64. The number of hydrogen-bond donors (Lipinski definition) is 1. The Labute approximate surface area is 161 Å². The Balaban J connectivity index is 1.91. The van der Waals surface area contributed by atoms with Crippen LogP contribution in [-0.2, 0) is 16.1 Å². The van der Waals surface area contributed by atoms with E-state index in [-0.39, 0.29) is 0 Å². The van der Waals surface area contributed by atoms with Gasteiger partial charge in [-0.25, -0.2) is 0 Å². The minimum atomic E-state index is -1.45. The van der Waals surface area contributed by atoms with Crippen molar-refractivity contribution in [3.8, 4) is 11.5 Å². The van der Waals surface area contributed by atoms with Crippen molar-refractivity contribution in [3.05, 3.63) is 58.6 Å². The van der Waals surface area contributed by atoms with Gasteiger partial charge in [0.05, 0.1) is 19.9 Å². The Hall–Kier alpha value is -2.37. The normalized spacial score (nSPS) is 18.2. The van der Waals surface area contributed by atoms with E-state index in [1.54, 1.807) is 19.2 Å². The van der Waals surface area contributed by atoms with Gasteiger partial charge in [-0.2, -0.15) is 0 Å². The second kappa shape index (κ2) is 7.48. The van der Waals surface area contributed by atoms with Crippen LogP contribution in [-0.4, -0.2) is 25.5 Å². The molecule has 1 unspecified atom stereocenters. The highest BCUT2D eigenvalue weighted by atomic mass is 35.5. The first kappa shape index (κ1) is 18.4. The van der Waals surface area contributed by atoms with Gasteiger partial charge in [-0.1, -0.05) is 35.3 Å². The Kier molecular flexibility index (Phi) is 5.30. The molecule has 1 aliphatic heterocycles. The molecule has 0 saturated carbocycles. The molecule has 0 aromatic heterocycles. The number of nitrogens with one attached hydrogen (secondary N) is 1. The number of benzene rings is 2. The molecule has 0 fully saturated rings. The zero-order valence-corrected chi connectivity index (χ0v) is 15.7. The second-order valence-corrected chi connectivity index (χ2v) is 6.66. The SMILES string of the molecule is COc1ccc(COC2=CC(Cl)(C=O)Nc3c2ccc(OC)c3Cl)cc1. The van der Waals surface area contributed by atoms with Crippen LogP contribution in [0.25, 0.3) is 5.76 Å². The number of halogens is 2. The lowest BCUT2D eigenvalue weighted by Gasteiger charge is -2.30. The third kappa shape index (κ3) is 3.59. The van der Waals surface area contributed by atoms with Gasteiger partial charge in [0, 0.05) is 11.6 Å². The monoisotopic (exact) mass is 393 g/mol. The van der Waals surface area contributed by atoms with Crippen LogP contribution in [0.2, 0.25) is 5.02 Å². The van der Waals surface area contributed by atoms with Gasteiger partial charge in [0.2, 0.25) is 0 Å². The Morgan fingerprint density at radius 2 is 1.85 bits per heavy atom. The number of hydrogen-bond acceptors (Lipinski definition) is 5. The van der Waals surface area contributed by atoms with Gasteiger partial charge in [-0.15, -0.1) is 0 Å². The molecule has 3 rings (SSSR count). The molecule has 26 heavy (non-hydrogen) atoms. The zero-order chi connectivity index (χ0) is 18.7. The summed E-state index contributed by atoms with van der Waals surface area (Å²) in [6.45, 7) is 0.296. The first-order valence-corrected chi connectivity index (χ1v) is 8.54. The van der Waals surface area contributed by atoms with E-state index in [1.165, 1.54) is 13.2 Å². The minimum absolute atomic E-state index is 0.296. The molecule has 0 aliphatic carbocycles. The van der Waals surface area contributed by atoms with Crippen LogP contribution in [0.1, 0.15) is 11.1 Å². The fourth-order valence-corrected chi connectivity index (χ4v) is 3.09. The summed E-state index contributed by atoms with van der Waals surface area (Å²) in [7, 11) is 3.13. The van der Waals surface area contributed by atoms with E-state index in [0.29, 0.717) is 40.7 Å². The van der Waals surface area contributed by atoms with E-state index in [2.05, 4.69) is 5.32 Å². The summed E-state index contributed by atoms with van der Waals surface area (Å²) in [5.74, 6) is 1.69. The molecule has 1 N–H and O–H groups in total. The first-order chi connectivity index (χ1) is 12.5. The molecule has 1 heterocycles. The van der Waals surface area contributed by atoms with Crippen LogP contribution in [0.5, 0.6) is 11.5 Å². The van der Waals surface area contributed by atoms with E-state index in [0.717, 1.165) is 11.3 Å². The van der Waals surface area contributed by atoms with Crippen molar-refractivity contribution >= 4 is 40.9 Å². The van der Waals surface area contributed by atoms with Crippen molar-refractivity contribution in [1.29, 1.82) is 0 Å². The van der Waals surface area contributed by atoms with Crippen molar-refractivity contribution < 1.29 is 19.0 Å². The predicted molar refractivity (Wildman–Crippen MR) is 102 cm³/mol. The fraction of sp³-hybridized carbons (Fsp3) is 0.211. The Morgan fingerprint density at radius 3 is 2.46 bits per heavy atom. The molecule has 0 saturated heterocycles. The molecule has 2 aromatic rings. The van der Waals surface area contributed by atoms with Gasteiger partial charge >= 0.3 is 0 Å². The van der Waals surface area contributed by atoms with Gasteiger partial charge in [-0.3, -0.25) is 4.79 Å². The maximum atomic E-state index is 11.5. The van der Waals surface area contributed by atoms with E-state index in [1.807, 2.05) is 24.3 Å². The molecule has 0 amide bonds. The average molecular weight is 394 g/mol. The standard InChI is InChI=1S/C19H17Cl2NO4/c1-24-13-5-3-12(4-6-13)10-26-16-9-19(21,11-23)22-18-14(16)7-8-15(25-2)17(18)20/h3-9,11,22H,10H2,1-2H3. The molecular weight excluding hydrogens is 377 g/mol. The average Bonchev–Trinajstić information content (AvgIpc) is 2.67. The topological polar surface area (TPSA) is 56.8 Å². The van der Waals surface area contributed by atoms with Crippen LogP contribution < -0.4 is 14.8 Å². The first-order valence-electron chi connectivity index (χ1n) is 7.78. The lowest BCUT2D eigenvalue weighted by Crippen LogP contribution is -2.35. The highest BCUT2D eigenvalue weighted by molar-refractivity contribution is 6.38. The molecule has 1 atom stereocenters. The summed E-state index contributed by atoms with van der Waals surface area (Å²) >= 11 is 12.7. The van der Waals surface area contributed by atoms with Crippen molar-refractivity contribution in [2.45, 2.75) is 11.6 Å². The molecule has 0 bridgehead atoms. The molecular formula is C19H17Cl2NO4. The molecule has 7 heteroatoms. The summed E-state index contributed by atoms with van der Waals surface area (Å²) in [5.41, 5.74) is 2.13. The Morgan fingerprint density at radius 1 is 1.12 bits per heavy atom. The van der Waals surface area contributed by atoms with Crippen molar-refractivity contribution in [2.75, 3.05) is 19.5 Å². The number of aldehydes is 1. The fourth-order valence-electron chi connectivity index (χ4n) is 2.60. The van der Waals surface area contributed by atoms with Crippen molar-refractivity contribution in [2.24, 2.45) is 0 Å². The maximum absolute atomic E-state index is 11.5. The summed E-state index contributed by atoms with van der Waals surface area (Å²) in [6, 6.07) is 11.0. The number of rotatable bonds is 6. The van der Waals surface area contributed by atoms with Crippen LogP contribution in [0, 0.1) is 0 Å². The lowest BCUT2D eigenvalue weighted by molar-refractivity contribution is -0.108. The number of fused-ring (bicyclic) bond motifs is 1. The van der Waals surface area contributed by atoms with Gasteiger partial charge in [0.1, 0.15) is 28.9 Å². The van der Waals surface area contributed by atoms with Gasteiger partial charge in [0.15, 0.2) is 11.3 Å². The molecule has 0 spiro atoms. The quantitative estimate of drug-likeness (QED) is 0.445. The molecule has 136 valence electrons. The second-order valence-electron chi connectivity index (χ2n) is 5.66. The highest BCUT2D eigenvalue weighted by Gasteiger charge is 2.33. The largest absolute Gasteiger partial charge is 0.497 e. The number of carbonyl (C=O) groups excluding carboxylic acids is 1. The van der Waals surface area contributed by atoms with Crippen LogP contribution >= 0.6 is 23.2 Å². The van der Waals surface area contributed by atoms with Gasteiger partial charge in [0.25, 0.3) is 0 Å².